The van der Waals surface area contributed by atoms with E-state index in [2.05, 4.69) is 10.2 Å². The standard InChI is InChI=1S/C10H10N2O4S/c1-6(10(13)14)17-5-8-11-12-9(16-8)7-3-2-4-15-7/h2-4,6H,5H2,1H3,(H,13,14). The van der Waals surface area contributed by atoms with Crippen LogP contribution in [0.5, 0.6) is 0 Å². The molecule has 90 valence electrons. The molecule has 0 aliphatic rings. The summed E-state index contributed by atoms with van der Waals surface area (Å²) < 4.78 is 10.4. The van der Waals surface area contributed by atoms with Gasteiger partial charge in [-0.2, -0.15) is 0 Å². The van der Waals surface area contributed by atoms with Gasteiger partial charge in [-0.15, -0.1) is 22.0 Å². The highest BCUT2D eigenvalue weighted by Crippen LogP contribution is 2.21. The Balaban J connectivity index is 1.97. The topological polar surface area (TPSA) is 89.4 Å². The van der Waals surface area contributed by atoms with Crippen LogP contribution in [0.25, 0.3) is 11.7 Å². The van der Waals surface area contributed by atoms with Gasteiger partial charge in [0.1, 0.15) is 0 Å². The van der Waals surface area contributed by atoms with Gasteiger partial charge in [0, 0.05) is 0 Å². The van der Waals surface area contributed by atoms with E-state index in [0.29, 0.717) is 23.3 Å². The number of aromatic nitrogens is 2. The molecule has 0 saturated heterocycles. The average Bonchev–Trinajstić information content (AvgIpc) is 2.95. The van der Waals surface area contributed by atoms with Gasteiger partial charge in [0.05, 0.1) is 17.3 Å². The maximum atomic E-state index is 10.6. The van der Waals surface area contributed by atoms with Gasteiger partial charge in [-0.3, -0.25) is 4.79 Å². The van der Waals surface area contributed by atoms with Crippen molar-refractivity contribution < 1.29 is 18.7 Å². The Kier molecular flexibility index (Phi) is 3.48. The summed E-state index contributed by atoms with van der Waals surface area (Å²) >= 11 is 1.22. The van der Waals surface area contributed by atoms with Crippen LogP contribution in [0.3, 0.4) is 0 Å². The quantitative estimate of drug-likeness (QED) is 0.873. The Hall–Kier alpha value is -1.76. The molecule has 2 aromatic rings. The van der Waals surface area contributed by atoms with Crippen LogP contribution >= 0.6 is 11.8 Å². The van der Waals surface area contributed by atoms with Gasteiger partial charge in [-0.1, -0.05) is 0 Å². The summed E-state index contributed by atoms with van der Waals surface area (Å²) in [7, 11) is 0. The summed E-state index contributed by atoms with van der Waals surface area (Å²) in [5.74, 6) is 0.685. The third-order valence-electron chi connectivity index (χ3n) is 2.00. The predicted octanol–water partition coefficient (Wildman–Crippen LogP) is 2.04. The van der Waals surface area contributed by atoms with E-state index >= 15 is 0 Å². The zero-order valence-corrected chi connectivity index (χ0v) is 9.81. The van der Waals surface area contributed by atoms with Crippen molar-refractivity contribution in [2.75, 3.05) is 0 Å². The zero-order chi connectivity index (χ0) is 12.3. The van der Waals surface area contributed by atoms with E-state index < -0.39 is 11.2 Å². The van der Waals surface area contributed by atoms with Crippen molar-refractivity contribution in [1.82, 2.24) is 10.2 Å². The van der Waals surface area contributed by atoms with E-state index in [1.165, 1.54) is 18.0 Å². The molecule has 0 fully saturated rings. The van der Waals surface area contributed by atoms with Gasteiger partial charge in [-0.05, 0) is 19.1 Å². The van der Waals surface area contributed by atoms with E-state index in [1.807, 2.05) is 0 Å². The van der Waals surface area contributed by atoms with Crippen LogP contribution in [0, 0.1) is 0 Å². The normalized spacial score (nSPS) is 12.5. The number of aliphatic carboxylic acids is 1. The molecule has 0 aromatic carbocycles. The molecule has 0 saturated carbocycles. The summed E-state index contributed by atoms with van der Waals surface area (Å²) in [6.45, 7) is 1.61. The van der Waals surface area contributed by atoms with Crippen molar-refractivity contribution in [3.63, 3.8) is 0 Å². The number of hydrogen-bond acceptors (Lipinski definition) is 6. The maximum Gasteiger partial charge on any atom is 0.316 e. The lowest BCUT2D eigenvalue weighted by atomic mass is 10.5. The van der Waals surface area contributed by atoms with E-state index in [9.17, 15) is 4.79 Å². The number of carbonyl (C=O) groups is 1. The Labute approximate surface area is 101 Å². The molecule has 1 unspecified atom stereocenters. The highest BCUT2D eigenvalue weighted by Gasteiger charge is 2.15. The van der Waals surface area contributed by atoms with Crippen molar-refractivity contribution in [2.24, 2.45) is 0 Å². The van der Waals surface area contributed by atoms with Gasteiger partial charge >= 0.3 is 5.97 Å². The van der Waals surface area contributed by atoms with Crippen molar-refractivity contribution in [3.8, 4) is 11.7 Å². The SMILES string of the molecule is CC(SCc1nnc(-c2ccco2)o1)C(=O)O. The molecule has 0 bridgehead atoms. The van der Waals surface area contributed by atoms with Crippen LogP contribution in [-0.2, 0) is 10.5 Å². The van der Waals surface area contributed by atoms with E-state index in [0.717, 1.165) is 0 Å². The second-order valence-corrected chi connectivity index (χ2v) is 4.60. The Morgan fingerprint density at radius 3 is 3.06 bits per heavy atom. The van der Waals surface area contributed by atoms with E-state index in [1.54, 1.807) is 19.1 Å². The summed E-state index contributed by atoms with van der Waals surface area (Å²) in [5, 5.41) is 15.8. The van der Waals surface area contributed by atoms with Gasteiger partial charge in [0.25, 0.3) is 5.89 Å². The van der Waals surface area contributed by atoms with Gasteiger partial charge in [0.2, 0.25) is 5.89 Å². The molecular formula is C10H10N2O4S. The fourth-order valence-corrected chi connectivity index (χ4v) is 1.73. The fourth-order valence-electron chi connectivity index (χ4n) is 1.08. The first kappa shape index (κ1) is 11.7. The average molecular weight is 254 g/mol. The first-order valence-corrected chi connectivity index (χ1v) is 5.92. The van der Waals surface area contributed by atoms with E-state index in [4.69, 9.17) is 13.9 Å². The van der Waals surface area contributed by atoms with Gasteiger partial charge < -0.3 is 13.9 Å². The predicted molar refractivity (Wildman–Crippen MR) is 60.4 cm³/mol. The van der Waals surface area contributed by atoms with Crippen molar-refractivity contribution in [1.29, 1.82) is 0 Å². The summed E-state index contributed by atoms with van der Waals surface area (Å²) in [6, 6.07) is 3.44. The van der Waals surface area contributed by atoms with Crippen LogP contribution in [0.4, 0.5) is 0 Å². The minimum absolute atomic E-state index is 0.300. The Bertz CT molecular complexity index is 494. The summed E-state index contributed by atoms with van der Waals surface area (Å²) in [5.41, 5.74) is 0. The Morgan fingerprint density at radius 2 is 2.41 bits per heavy atom. The van der Waals surface area contributed by atoms with Crippen molar-refractivity contribution in [2.45, 2.75) is 17.9 Å². The number of thioether (sulfide) groups is 1. The first-order valence-electron chi connectivity index (χ1n) is 4.87. The Morgan fingerprint density at radius 1 is 1.59 bits per heavy atom. The largest absolute Gasteiger partial charge is 0.480 e. The maximum absolute atomic E-state index is 10.6. The monoisotopic (exact) mass is 254 g/mol. The smallest absolute Gasteiger partial charge is 0.316 e. The molecule has 0 aliphatic carbocycles. The third kappa shape index (κ3) is 2.88. The molecule has 1 atom stereocenters. The number of hydrogen-bond donors (Lipinski definition) is 1. The molecule has 0 amide bonds. The molecule has 2 rings (SSSR count). The van der Waals surface area contributed by atoms with Crippen molar-refractivity contribution >= 4 is 17.7 Å². The molecule has 6 nitrogen and oxygen atoms in total. The number of rotatable bonds is 5. The molecule has 17 heavy (non-hydrogen) atoms. The molecule has 0 radical (unpaired) electrons. The minimum atomic E-state index is -0.860. The lowest BCUT2D eigenvalue weighted by Crippen LogP contribution is -2.11. The summed E-state index contributed by atoms with van der Waals surface area (Å²) in [6.07, 6.45) is 1.51. The molecular weight excluding hydrogens is 244 g/mol. The fraction of sp³-hybridized carbons (Fsp3) is 0.300. The van der Waals surface area contributed by atoms with Crippen molar-refractivity contribution in [3.05, 3.63) is 24.3 Å². The van der Waals surface area contributed by atoms with Crippen LogP contribution in [-0.4, -0.2) is 26.5 Å². The zero-order valence-electron chi connectivity index (χ0n) is 8.99. The highest BCUT2D eigenvalue weighted by molar-refractivity contribution is 7.99. The second kappa shape index (κ2) is 5.05. The van der Waals surface area contributed by atoms with Crippen LogP contribution in [0.1, 0.15) is 12.8 Å². The molecule has 2 heterocycles. The minimum Gasteiger partial charge on any atom is -0.480 e. The molecule has 1 N–H and O–H groups in total. The number of furan rings is 1. The lowest BCUT2D eigenvalue weighted by molar-refractivity contribution is -0.136. The first-order chi connectivity index (χ1) is 8.16. The second-order valence-electron chi connectivity index (χ2n) is 3.27. The number of nitrogens with zero attached hydrogens (tertiary/aromatic N) is 2. The van der Waals surface area contributed by atoms with Crippen LogP contribution in [0.2, 0.25) is 0 Å². The number of carboxylic acid groups (broad SMARTS) is 1. The van der Waals surface area contributed by atoms with E-state index in [-0.39, 0.29) is 0 Å². The molecule has 7 heteroatoms. The highest BCUT2D eigenvalue weighted by atomic mass is 32.2. The van der Waals surface area contributed by atoms with Crippen LogP contribution < -0.4 is 0 Å². The molecule has 0 aliphatic heterocycles. The van der Waals surface area contributed by atoms with Crippen LogP contribution in [0.15, 0.2) is 27.2 Å². The third-order valence-corrected chi connectivity index (χ3v) is 3.12. The van der Waals surface area contributed by atoms with Gasteiger partial charge in [0.15, 0.2) is 5.76 Å². The summed E-state index contributed by atoms with van der Waals surface area (Å²) in [4.78, 5) is 10.6. The number of carboxylic acids is 1. The molecule has 2 aromatic heterocycles. The lowest BCUT2D eigenvalue weighted by Gasteiger charge is -2.01. The van der Waals surface area contributed by atoms with Gasteiger partial charge in [-0.25, -0.2) is 0 Å². The molecule has 0 spiro atoms.